The first-order chi connectivity index (χ1) is 9.78. The van der Waals surface area contributed by atoms with Gasteiger partial charge in [0.15, 0.2) is 0 Å². The van der Waals surface area contributed by atoms with E-state index < -0.39 is 0 Å². The van der Waals surface area contributed by atoms with Crippen LogP contribution in [0.2, 0.25) is 0 Å². The summed E-state index contributed by atoms with van der Waals surface area (Å²) in [5, 5.41) is 3.58. The van der Waals surface area contributed by atoms with Gasteiger partial charge < -0.3 is 15.0 Å². The molecule has 1 saturated carbocycles. The van der Waals surface area contributed by atoms with Crippen molar-refractivity contribution in [2.75, 3.05) is 30.4 Å². The lowest BCUT2D eigenvalue weighted by Gasteiger charge is -2.31. The van der Waals surface area contributed by atoms with Crippen LogP contribution in [0.1, 0.15) is 39.5 Å². The molecule has 1 heterocycles. The van der Waals surface area contributed by atoms with Crippen LogP contribution >= 0.6 is 0 Å². The van der Waals surface area contributed by atoms with Gasteiger partial charge in [-0.2, -0.15) is 0 Å². The molecule has 0 spiro atoms. The normalized spacial score (nSPS) is 22.6. The van der Waals surface area contributed by atoms with Gasteiger partial charge in [0, 0.05) is 20.2 Å². The summed E-state index contributed by atoms with van der Waals surface area (Å²) in [5.74, 6) is 1.05. The molecule has 0 radical (unpaired) electrons. The zero-order chi connectivity index (χ0) is 14.4. The molecule has 112 valence electrons. The Morgan fingerprint density at radius 2 is 2.00 bits per heavy atom. The number of aromatic nitrogens is 1. The van der Waals surface area contributed by atoms with E-state index in [1.165, 1.54) is 19.3 Å². The monoisotopic (exact) mass is 277 g/mol. The van der Waals surface area contributed by atoms with Crippen LogP contribution < -0.4 is 10.2 Å². The Bertz CT molecular complexity index is 389. The van der Waals surface area contributed by atoms with Crippen LogP contribution in [-0.4, -0.2) is 37.3 Å². The van der Waals surface area contributed by atoms with Gasteiger partial charge in [0.2, 0.25) is 0 Å². The Labute approximate surface area is 122 Å². The number of rotatable bonds is 6. The van der Waals surface area contributed by atoms with Crippen LogP contribution in [0.25, 0.3) is 0 Å². The number of ether oxygens (including phenoxy) is 1. The molecule has 0 amide bonds. The summed E-state index contributed by atoms with van der Waals surface area (Å²) in [5.41, 5.74) is 1.09. The smallest absolute Gasteiger partial charge is 0.128 e. The first-order valence-corrected chi connectivity index (χ1v) is 7.78. The van der Waals surface area contributed by atoms with Crippen LogP contribution in [0.3, 0.4) is 0 Å². The number of nitrogens with zero attached hydrogens (tertiary/aromatic N) is 2. The van der Waals surface area contributed by atoms with E-state index >= 15 is 0 Å². The van der Waals surface area contributed by atoms with Crippen molar-refractivity contribution in [3.8, 4) is 0 Å². The number of methoxy groups -OCH3 is 1. The highest BCUT2D eigenvalue weighted by Gasteiger charge is 2.24. The lowest BCUT2D eigenvalue weighted by atomic mass is 9.92. The third kappa shape index (κ3) is 3.63. The van der Waals surface area contributed by atoms with E-state index in [1.54, 1.807) is 0 Å². The van der Waals surface area contributed by atoms with Gasteiger partial charge in [0.25, 0.3) is 0 Å². The predicted octanol–water partition coefficient (Wildman–Crippen LogP) is 3.30. The highest BCUT2D eigenvalue weighted by atomic mass is 16.5. The Morgan fingerprint density at radius 1 is 1.25 bits per heavy atom. The standard InChI is InChI=1S/C16H27N3O/c1-4-19(5-2)16-11-10-13(12-17-16)18-14-8-6-7-9-15(14)20-3/h10-12,14-15,18H,4-9H2,1-3H3. The van der Waals surface area contributed by atoms with Crippen molar-refractivity contribution < 1.29 is 4.74 Å². The molecule has 4 heteroatoms. The number of hydrogen-bond acceptors (Lipinski definition) is 4. The fraction of sp³-hybridized carbons (Fsp3) is 0.688. The van der Waals surface area contributed by atoms with E-state index in [0.29, 0.717) is 12.1 Å². The Hall–Kier alpha value is -1.29. The highest BCUT2D eigenvalue weighted by molar-refractivity contribution is 5.49. The molecular weight excluding hydrogens is 250 g/mol. The molecule has 0 bridgehead atoms. The molecule has 0 aliphatic heterocycles. The molecule has 2 unspecified atom stereocenters. The van der Waals surface area contributed by atoms with Crippen LogP contribution in [0.4, 0.5) is 11.5 Å². The van der Waals surface area contributed by atoms with Crippen LogP contribution in [-0.2, 0) is 4.74 Å². The Balaban J connectivity index is 1.99. The third-order valence-electron chi connectivity index (χ3n) is 4.19. The van der Waals surface area contributed by atoms with Crippen molar-refractivity contribution >= 4 is 11.5 Å². The minimum absolute atomic E-state index is 0.325. The average Bonchev–Trinajstić information content (AvgIpc) is 2.51. The van der Waals surface area contributed by atoms with Gasteiger partial charge in [-0.15, -0.1) is 0 Å². The second kappa shape index (κ2) is 7.48. The minimum Gasteiger partial charge on any atom is -0.379 e. The van der Waals surface area contributed by atoms with Crippen LogP contribution in [0.5, 0.6) is 0 Å². The molecule has 2 rings (SSSR count). The Kier molecular flexibility index (Phi) is 5.65. The number of nitrogens with one attached hydrogen (secondary N) is 1. The molecule has 0 aromatic carbocycles. The summed E-state index contributed by atoms with van der Waals surface area (Å²) >= 11 is 0. The minimum atomic E-state index is 0.325. The van der Waals surface area contributed by atoms with E-state index in [9.17, 15) is 0 Å². The highest BCUT2D eigenvalue weighted by Crippen LogP contribution is 2.24. The van der Waals surface area contributed by atoms with E-state index in [2.05, 4.69) is 41.2 Å². The molecule has 1 aliphatic carbocycles. The first-order valence-electron chi connectivity index (χ1n) is 7.78. The maximum atomic E-state index is 5.58. The van der Waals surface area contributed by atoms with Crippen LogP contribution in [0.15, 0.2) is 18.3 Å². The molecule has 2 atom stereocenters. The zero-order valence-electron chi connectivity index (χ0n) is 12.9. The third-order valence-corrected chi connectivity index (χ3v) is 4.19. The fourth-order valence-corrected chi connectivity index (χ4v) is 2.96. The Morgan fingerprint density at radius 3 is 2.60 bits per heavy atom. The van der Waals surface area contributed by atoms with E-state index in [0.717, 1.165) is 31.0 Å². The summed E-state index contributed by atoms with van der Waals surface area (Å²) in [7, 11) is 1.81. The van der Waals surface area contributed by atoms with Crippen molar-refractivity contribution in [3.05, 3.63) is 18.3 Å². The van der Waals surface area contributed by atoms with E-state index in [4.69, 9.17) is 4.74 Å². The van der Waals surface area contributed by atoms with E-state index in [-0.39, 0.29) is 0 Å². The second-order valence-corrected chi connectivity index (χ2v) is 5.39. The second-order valence-electron chi connectivity index (χ2n) is 5.39. The van der Waals surface area contributed by atoms with Gasteiger partial charge in [0.05, 0.1) is 24.0 Å². The summed E-state index contributed by atoms with van der Waals surface area (Å²) in [6, 6.07) is 4.64. The van der Waals surface area contributed by atoms with Crippen LogP contribution in [0, 0.1) is 0 Å². The zero-order valence-corrected chi connectivity index (χ0v) is 12.9. The molecule has 1 aliphatic rings. The van der Waals surface area contributed by atoms with Crippen molar-refractivity contribution in [1.29, 1.82) is 0 Å². The van der Waals surface area contributed by atoms with Gasteiger partial charge in [-0.1, -0.05) is 12.8 Å². The van der Waals surface area contributed by atoms with Gasteiger partial charge in [0.1, 0.15) is 5.82 Å². The number of anilines is 2. The summed E-state index contributed by atoms with van der Waals surface area (Å²) in [6.07, 6.45) is 7.15. The molecule has 4 nitrogen and oxygen atoms in total. The van der Waals surface area contributed by atoms with E-state index in [1.807, 2.05) is 13.3 Å². The molecule has 1 fully saturated rings. The lowest BCUT2D eigenvalue weighted by molar-refractivity contribution is 0.0606. The van der Waals surface area contributed by atoms with Crippen molar-refractivity contribution in [2.45, 2.75) is 51.7 Å². The number of hydrogen-bond donors (Lipinski definition) is 1. The fourth-order valence-electron chi connectivity index (χ4n) is 2.96. The molecule has 0 saturated heterocycles. The topological polar surface area (TPSA) is 37.4 Å². The molecule has 1 aromatic rings. The van der Waals surface area contributed by atoms with Crippen molar-refractivity contribution in [2.24, 2.45) is 0 Å². The van der Waals surface area contributed by atoms with Gasteiger partial charge in [-0.3, -0.25) is 0 Å². The molecular formula is C16H27N3O. The summed E-state index contributed by atoms with van der Waals surface area (Å²) < 4.78 is 5.58. The number of pyridine rings is 1. The summed E-state index contributed by atoms with van der Waals surface area (Å²) in [6.45, 7) is 6.29. The van der Waals surface area contributed by atoms with Gasteiger partial charge >= 0.3 is 0 Å². The average molecular weight is 277 g/mol. The SMILES string of the molecule is CCN(CC)c1ccc(NC2CCCCC2OC)cn1. The van der Waals surface area contributed by atoms with Crippen molar-refractivity contribution in [3.63, 3.8) is 0 Å². The van der Waals surface area contributed by atoms with Gasteiger partial charge in [-0.25, -0.2) is 4.98 Å². The lowest BCUT2D eigenvalue weighted by Crippen LogP contribution is -2.37. The van der Waals surface area contributed by atoms with Crippen molar-refractivity contribution in [1.82, 2.24) is 4.98 Å². The maximum Gasteiger partial charge on any atom is 0.128 e. The molecule has 20 heavy (non-hydrogen) atoms. The maximum absolute atomic E-state index is 5.58. The molecule has 1 aromatic heterocycles. The first kappa shape index (κ1) is 15.1. The molecule has 1 N–H and O–H groups in total. The quantitative estimate of drug-likeness (QED) is 0.865. The van der Waals surface area contributed by atoms with Gasteiger partial charge in [-0.05, 0) is 38.8 Å². The predicted molar refractivity (Wildman–Crippen MR) is 84.5 cm³/mol. The summed E-state index contributed by atoms with van der Waals surface area (Å²) in [4.78, 5) is 6.81. The largest absolute Gasteiger partial charge is 0.379 e.